The molecule has 2 saturated heterocycles. The van der Waals surface area contributed by atoms with Crippen molar-refractivity contribution in [2.75, 3.05) is 81.6 Å². The normalized spacial score (nSPS) is 16.0. The van der Waals surface area contributed by atoms with Crippen LogP contribution in [-0.4, -0.2) is 97.9 Å². The Bertz CT molecular complexity index is 1850. The number of aromatic nitrogens is 2. The van der Waals surface area contributed by atoms with Crippen molar-refractivity contribution in [3.63, 3.8) is 0 Å². The number of ketones is 1. The third-order valence-corrected chi connectivity index (χ3v) is 9.38. The lowest BCUT2D eigenvalue weighted by Gasteiger charge is -2.34. The Balaban J connectivity index is 0.963. The van der Waals surface area contributed by atoms with E-state index in [1.54, 1.807) is 0 Å². The van der Waals surface area contributed by atoms with Crippen molar-refractivity contribution >= 4 is 39.8 Å². The van der Waals surface area contributed by atoms with Crippen LogP contribution in [0.4, 0.5) is 17.1 Å². The van der Waals surface area contributed by atoms with E-state index in [0.717, 1.165) is 91.6 Å². The molecule has 9 nitrogen and oxygen atoms in total. The molecule has 0 radical (unpaired) electrons. The number of carbonyl (C=O) groups is 2. The summed E-state index contributed by atoms with van der Waals surface area (Å²) in [5, 5.41) is 3.01. The maximum atomic E-state index is 13.1. The maximum Gasteiger partial charge on any atom is 0.255 e. The highest BCUT2D eigenvalue weighted by atomic mass is 16.1. The first-order valence-electron chi connectivity index (χ1n) is 16.4. The average molecular weight is 628 g/mol. The lowest BCUT2D eigenvalue weighted by atomic mass is 10.0. The van der Waals surface area contributed by atoms with Gasteiger partial charge in [-0.1, -0.05) is 18.2 Å². The highest BCUT2D eigenvalue weighted by molar-refractivity contribution is 6.04. The van der Waals surface area contributed by atoms with Crippen LogP contribution in [0.1, 0.15) is 26.3 Å². The Morgan fingerprint density at radius 3 is 1.83 bits per heavy atom. The van der Waals surface area contributed by atoms with Gasteiger partial charge in [-0.2, -0.15) is 0 Å². The molecule has 0 saturated carbocycles. The monoisotopic (exact) mass is 627 g/mol. The van der Waals surface area contributed by atoms with Crippen LogP contribution in [0.25, 0.3) is 22.4 Å². The van der Waals surface area contributed by atoms with Gasteiger partial charge in [-0.05, 0) is 92.5 Å². The SMILES string of the molecule is CN1CCN(c2ccc(NC(=O)c3ccc(-c4nc5ccc(CC(=O)c6ccc(N7CCN(C)CC7)cc6)cc5[nH]4)cc3)cc2)CC1. The molecule has 2 aliphatic heterocycles. The van der Waals surface area contributed by atoms with E-state index >= 15 is 0 Å². The standard InChI is InChI=1S/C38H41N7O2/c1-42-17-21-44(22-18-42)32-12-8-28(9-13-32)36(46)26-27-3-16-34-35(25-27)41-37(40-34)29-4-6-30(7-5-29)38(47)39-31-10-14-33(15-11-31)45-23-19-43(2)20-24-45/h3-16,25H,17-24,26H2,1-2H3,(H,39,47)(H,40,41). The van der Waals surface area contributed by atoms with Crippen LogP contribution >= 0.6 is 0 Å². The number of aromatic amines is 1. The number of hydrogen-bond donors (Lipinski definition) is 2. The molecule has 240 valence electrons. The first-order valence-corrected chi connectivity index (χ1v) is 16.4. The van der Waals surface area contributed by atoms with E-state index < -0.39 is 0 Å². The number of imidazole rings is 1. The topological polar surface area (TPSA) is 87.8 Å². The number of carbonyl (C=O) groups excluding carboxylic acids is 2. The summed E-state index contributed by atoms with van der Waals surface area (Å²) in [5.74, 6) is 0.653. The van der Waals surface area contributed by atoms with Gasteiger partial charge in [0.1, 0.15) is 5.82 Å². The molecule has 0 atom stereocenters. The van der Waals surface area contributed by atoms with Crippen LogP contribution in [-0.2, 0) is 6.42 Å². The number of likely N-dealkylation sites (N-methyl/N-ethyl adjacent to an activating group) is 2. The minimum atomic E-state index is -0.156. The highest BCUT2D eigenvalue weighted by Gasteiger charge is 2.17. The molecule has 47 heavy (non-hydrogen) atoms. The number of fused-ring (bicyclic) bond motifs is 1. The van der Waals surface area contributed by atoms with E-state index in [2.05, 4.69) is 68.3 Å². The molecule has 0 unspecified atom stereocenters. The zero-order valence-electron chi connectivity index (χ0n) is 27.1. The average Bonchev–Trinajstić information content (AvgIpc) is 3.53. The van der Waals surface area contributed by atoms with E-state index in [-0.39, 0.29) is 11.7 Å². The largest absolute Gasteiger partial charge is 0.369 e. The first-order chi connectivity index (χ1) is 22.9. The molecule has 2 fully saturated rings. The van der Waals surface area contributed by atoms with E-state index in [0.29, 0.717) is 12.0 Å². The van der Waals surface area contributed by atoms with Gasteiger partial charge in [0.25, 0.3) is 5.91 Å². The van der Waals surface area contributed by atoms with Gasteiger partial charge in [-0.25, -0.2) is 4.98 Å². The van der Waals surface area contributed by atoms with Crippen molar-refractivity contribution in [1.29, 1.82) is 0 Å². The van der Waals surface area contributed by atoms with Gasteiger partial charge in [0.15, 0.2) is 5.78 Å². The molecule has 9 heteroatoms. The van der Waals surface area contributed by atoms with Crippen LogP contribution < -0.4 is 15.1 Å². The van der Waals surface area contributed by atoms with Crippen LogP contribution in [0.15, 0.2) is 91.0 Å². The van der Waals surface area contributed by atoms with Crippen LogP contribution in [0.2, 0.25) is 0 Å². The van der Waals surface area contributed by atoms with Crippen molar-refractivity contribution in [2.24, 2.45) is 0 Å². The molecule has 3 heterocycles. The Hall–Kier alpha value is -4.99. The predicted molar refractivity (Wildman–Crippen MR) is 190 cm³/mol. The van der Waals surface area contributed by atoms with Crippen molar-refractivity contribution < 1.29 is 9.59 Å². The molecule has 2 N–H and O–H groups in total. The Kier molecular flexibility index (Phi) is 8.74. The number of H-pyrrole nitrogens is 1. The molecule has 1 aromatic heterocycles. The third kappa shape index (κ3) is 7.06. The smallest absolute Gasteiger partial charge is 0.255 e. The van der Waals surface area contributed by atoms with E-state index in [9.17, 15) is 9.59 Å². The lowest BCUT2D eigenvalue weighted by molar-refractivity contribution is 0.0991. The Morgan fingerprint density at radius 2 is 1.23 bits per heavy atom. The lowest BCUT2D eigenvalue weighted by Crippen LogP contribution is -2.44. The molecule has 5 aromatic rings. The number of anilines is 3. The number of Topliss-reactive ketones (excluding diaryl/α,β-unsaturated/α-hetero) is 1. The van der Waals surface area contributed by atoms with Crippen LogP contribution in [0.3, 0.4) is 0 Å². The van der Waals surface area contributed by atoms with E-state index in [1.807, 2.05) is 66.7 Å². The van der Waals surface area contributed by atoms with Gasteiger partial charge in [-0.3, -0.25) is 9.59 Å². The van der Waals surface area contributed by atoms with Crippen molar-refractivity contribution in [2.45, 2.75) is 6.42 Å². The molecule has 2 aliphatic rings. The second kappa shape index (κ2) is 13.4. The molecular weight excluding hydrogens is 586 g/mol. The molecule has 0 aliphatic carbocycles. The summed E-state index contributed by atoms with van der Waals surface area (Å²) in [6.07, 6.45) is 0.320. The number of rotatable bonds is 8. The number of amides is 1. The summed E-state index contributed by atoms with van der Waals surface area (Å²) in [7, 11) is 4.30. The van der Waals surface area contributed by atoms with Crippen molar-refractivity contribution in [3.8, 4) is 11.4 Å². The molecule has 0 bridgehead atoms. The van der Waals surface area contributed by atoms with Gasteiger partial charge in [0, 0.05) is 92.5 Å². The summed E-state index contributed by atoms with van der Waals surface area (Å²) in [4.78, 5) is 43.7. The van der Waals surface area contributed by atoms with Gasteiger partial charge >= 0.3 is 0 Å². The van der Waals surface area contributed by atoms with E-state index in [1.165, 1.54) is 11.4 Å². The van der Waals surface area contributed by atoms with Gasteiger partial charge < -0.3 is 29.9 Å². The second-order valence-electron chi connectivity index (χ2n) is 12.7. The number of hydrogen-bond acceptors (Lipinski definition) is 7. The molecule has 4 aromatic carbocycles. The van der Waals surface area contributed by atoms with Crippen molar-refractivity contribution in [1.82, 2.24) is 19.8 Å². The van der Waals surface area contributed by atoms with Crippen LogP contribution in [0, 0.1) is 0 Å². The third-order valence-electron chi connectivity index (χ3n) is 9.38. The predicted octanol–water partition coefficient (Wildman–Crippen LogP) is 5.41. The Labute approximate surface area is 275 Å². The zero-order valence-corrected chi connectivity index (χ0v) is 27.1. The molecule has 7 rings (SSSR count). The first kappa shape index (κ1) is 30.7. The second-order valence-corrected chi connectivity index (χ2v) is 12.7. The van der Waals surface area contributed by atoms with Crippen LogP contribution in [0.5, 0.6) is 0 Å². The van der Waals surface area contributed by atoms with Gasteiger partial charge in [0.05, 0.1) is 11.0 Å². The molecule has 0 spiro atoms. The number of nitrogens with zero attached hydrogens (tertiary/aromatic N) is 5. The summed E-state index contributed by atoms with van der Waals surface area (Å²) in [5.41, 5.74) is 7.93. The van der Waals surface area contributed by atoms with Gasteiger partial charge in [0.2, 0.25) is 0 Å². The minimum Gasteiger partial charge on any atom is -0.369 e. The van der Waals surface area contributed by atoms with Gasteiger partial charge in [-0.15, -0.1) is 0 Å². The number of nitrogens with one attached hydrogen (secondary N) is 2. The fourth-order valence-corrected chi connectivity index (χ4v) is 6.32. The van der Waals surface area contributed by atoms with E-state index in [4.69, 9.17) is 4.98 Å². The summed E-state index contributed by atoms with van der Waals surface area (Å²) < 4.78 is 0. The highest BCUT2D eigenvalue weighted by Crippen LogP contribution is 2.24. The maximum absolute atomic E-state index is 13.1. The number of benzene rings is 4. The number of piperazine rings is 2. The molecular formula is C38H41N7O2. The minimum absolute atomic E-state index is 0.0915. The Morgan fingerprint density at radius 1 is 0.681 bits per heavy atom. The summed E-state index contributed by atoms with van der Waals surface area (Å²) in [6, 6.07) is 29.4. The molecule has 1 amide bonds. The quantitative estimate of drug-likeness (QED) is 0.223. The zero-order chi connectivity index (χ0) is 32.3. The fourth-order valence-electron chi connectivity index (χ4n) is 6.32. The summed E-state index contributed by atoms with van der Waals surface area (Å²) >= 11 is 0. The van der Waals surface area contributed by atoms with Crippen molar-refractivity contribution in [3.05, 3.63) is 108 Å². The fraction of sp³-hybridized carbons (Fsp3) is 0.289. The summed E-state index contributed by atoms with van der Waals surface area (Å²) in [6.45, 7) is 8.23.